The molecule has 1 amide bonds. The summed E-state index contributed by atoms with van der Waals surface area (Å²) in [6, 6.07) is 4.17. The summed E-state index contributed by atoms with van der Waals surface area (Å²) in [5.41, 5.74) is 0.468. The highest BCUT2D eigenvalue weighted by atomic mass is 32.2. The molecule has 0 atom stereocenters. The molecule has 27 heavy (non-hydrogen) atoms. The van der Waals surface area contributed by atoms with Gasteiger partial charge in [0.2, 0.25) is 11.8 Å². The van der Waals surface area contributed by atoms with Gasteiger partial charge >= 0.3 is 11.9 Å². The molecule has 3 rings (SSSR count). The molecule has 1 aliphatic carbocycles. The maximum Gasteiger partial charge on any atom is 0.339 e. The zero-order valence-electron chi connectivity index (χ0n) is 14.7. The van der Waals surface area contributed by atoms with Crippen LogP contribution >= 0.6 is 11.8 Å². The minimum atomic E-state index is -0.639. The van der Waals surface area contributed by atoms with Gasteiger partial charge in [0.1, 0.15) is 0 Å². The maximum absolute atomic E-state index is 12.3. The highest BCUT2D eigenvalue weighted by Gasteiger charge is 2.29. The third-order valence-corrected chi connectivity index (χ3v) is 4.61. The van der Waals surface area contributed by atoms with Gasteiger partial charge in [-0.3, -0.25) is 4.79 Å². The van der Waals surface area contributed by atoms with Crippen molar-refractivity contribution in [1.82, 2.24) is 10.2 Å². The first kappa shape index (κ1) is 18.9. The van der Waals surface area contributed by atoms with Crippen LogP contribution in [0.15, 0.2) is 27.8 Å². The van der Waals surface area contributed by atoms with Gasteiger partial charge < -0.3 is 19.2 Å². The number of carbonyl (C=O) groups is 3. The molecule has 2 aromatic rings. The summed E-state index contributed by atoms with van der Waals surface area (Å²) >= 11 is 1.09. The number of amides is 1. The quantitative estimate of drug-likeness (QED) is 0.559. The van der Waals surface area contributed by atoms with Crippen molar-refractivity contribution in [3.8, 4) is 0 Å². The molecule has 0 radical (unpaired) electrons. The first-order chi connectivity index (χ1) is 13.0. The lowest BCUT2D eigenvalue weighted by Gasteiger charge is -2.11. The molecule has 1 fully saturated rings. The number of hydrogen-bond acceptors (Lipinski definition) is 9. The Morgan fingerprint density at radius 1 is 1.19 bits per heavy atom. The van der Waals surface area contributed by atoms with Crippen molar-refractivity contribution in [1.29, 1.82) is 0 Å². The second-order valence-electron chi connectivity index (χ2n) is 5.76. The summed E-state index contributed by atoms with van der Waals surface area (Å²) in [6.07, 6.45) is 2.08. The molecule has 1 aromatic heterocycles. The molecule has 0 saturated heterocycles. The molecule has 9 nitrogen and oxygen atoms in total. The van der Waals surface area contributed by atoms with Crippen LogP contribution in [0.3, 0.4) is 0 Å². The lowest BCUT2D eigenvalue weighted by atomic mass is 10.1. The number of nitrogens with one attached hydrogen (secondary N) is 1. The SMILES string of the molecule is COC(=O)c1ccc(C(=O)OC)c(NC(=O)CSc2nnc(C3CC3)o2)c1. The monoisotopic (exact) mass is 391 g/mol. The fourth-order valence-corrected chi connectivity index (χ4v) is 2.84. The lowest BCUT2D eigenvalue weighted by molar-refractivity contribution is -0.113. The summed E-state index contributed by atoms with van der Waals surface area (Å²) in [7, 11) is 2.47. The molecule has 142 valence electrons. The fourth-order valence-electron chi connectivity index (χ4n) is 2.27. The maximum atomic E-state index is 12.3. The number of anilines is 1. The van der Waals surface area contributed by atoms with Crippen molar-refractivity contribution in [2.45, 2.75) is 24.0 Å². The molecule has 0 unspecified atom stereocenters. The van der Waals surface area contributed by atoms with Crippen molar-refractivity contribution in [2.24, 2.45) is 0 Å². The van der Waals surface area contributed by atoms with Crippen LogP contribution in [-0.4, -0.2) is 48.0 Å². The standard InChI is InChI=1S/C17H17N3O6S/c1-24-15(22)10-5-6-11(16(23)25-2)12(7-10)18-13(21)8-27-17-20-19-14(26-17)9-3-4-9/h5-7,9H,3-4,8H2,1-2H3,(H,18,21). The molecule has 1 saturated carbocycles. The van der Waals surface area contributed by atoms with E-state index in [9.17, 15) is 14.4 Å². The molecule has 0 spiro atoms. The van der Waals surface area contributed by atoms with Crippen LogP contribution < -0.4 is 5.32 Å². The summed E-state index contributed by atoms with van der Waals surface area (Å²) in [4.78, 5) is 35.8. The average Bonchev–Trinajstić information content (AvgIpc) is 3.43. The first-order valence-electron chi connectivity index (χ1n) is 8.08. The van der Waals surface area contributed by atoms with E-state index in [1.807, 2.05) is 0 Å². The second-order valence-corrected chi connectivity index (χ2v) is 6.69. The average molecular weight is 391 g/mol. The van der Waals surface area contributed by atoms with Gasteiger partial charge in [-0.25, -0.2) is 9.59 Å². The molecule has 1 aliphatic rings. The number of aromatic nitrogens is 2. The fraction of sp³-hybridized carbons (Fsp3) is 0.353. The van der Waals surface area contributed by atoms with Crippen molar-refractivity contribution in [2.75, 3.05) is 25.3 Å². The van der Waals surface area contributed by atoms with Gasteiger partial charge in [0.25, 0.3) is 5.22 Å². The Balaban J connectivity index is 1.68. The minimum absolute atomic E-state index is 0.00460. The van der Waals surface area contributed by atoms with E-state index in [4.69, 9.17) is 9.15 Å². The zero-order valence-corrected chi connectivity index (χ0v) is 15.5. The third kappa shape index (κ3) is 4.64. The number of benzene rings is 1. The highest BCUT2D eigenvalue weighted by molar-refractivity contribution is 7.99. The van der Waals surface area contributed by atoms with Crippen LogP contribution in [0.2, 0.25) is 0 Å². The number of ether oxygens (including phenoxy) is 2. The molecule has 0 bridgehead atoms. The van der Waals surface area contributed by atoms with Crippen LogP contribution in [0.25, 0.3) is 0 Å². The van der Waals surface area contributed by atoms with Crippen LogP contribution in [-0.2, 0) is 14.3 Å². The highest BCUT2D eigenvalue weighted by Crippen LogP contribution is 2.39. The number of esters is 2. The van der Waals surface area contributed by atoms with Crippen molar-refractivity contribution in [3.05, 3.63) is 35.2 Å². The molecule has 0 aliphatic heterocycles. The van der Waals surface area contributed by atoms with Gasteiger partial charge in [-0.2, -0.15) is 0 Å². The molecular formula is C17H17N3O6S. The summed E-state index contributed by atoms with van der Waals surface area (Å²) in [5, 5.41) is 10.7. The molecule has 1 N–H and O–H groups in total. The van der Waals surface area contributed by atoms with Crippen LogP contribution in [0.4, 0.5) is 5.69 Å². The summed E-state index contributed by atoms with van der Waals surface area (Å²) in [6.45, 7) is 0. The number of hydrogen-bond donors (Lipinski definition) is 1. The van der Waals surface area contributed by atoms with Gasteiger partial charge in [0.05, 0.1) is 36.8 Å². The summed E-state index contributed by atoms with van der Waals surface area (Å²) in [5.74, 6) is -0.704. The van der Waals surface area contributed by atoms with E-state index in [0.717, 1.165) is 24.6 Å². The first-order valence-corrected chi connectivity index (χ1v) is 9.07. The molecule has 1 heterocycles. The smallest absolute Gasteiger partial charge is 0.339 e. The predicted octanol–water partition coefficient (Wildman–Crippen LogP) is 2.25. The Hall–Kier alpha value is -2.88. The van der Waals surface area contributed by atoms with Crippen molar-refractivity contribution in [3.63, 3.8) is 0 Å². The van der Waals surface area contributed by atoms with E-state index >= 15 is 0 Å². The Bertz CT molecular complexity index is 877. The van der Waals surface area contributed by atoms with Gasteiger partial charge in [0.15, 0.2) is 0 Å². The Labute approximate surface area is 158 Å². The lowest BCUT2D eigenvalue weighted by Crippen LogP contribution is -2.18. The Kier molecular flexibility index (Phi) is 5.75. The summed E-state index contributed by atoms with van der Waals surface area (Å²) < 4.78 is 14.8. The predicted molar refractivity (Wildman–Crippen MR) is 94.7 cm³/mol. The zero-order chi connectivity index (χ0) is 19.4. The number of carbonyl (C=O) groups excluding carboxylic acids is 3. The molecule has 1 aromatic carbocycles. The largest absolute Gasteiger partial charge is 0.465 e. The number of nitrogens with zero attached hydrogens (tertiary/aromatic N) is 2. The number of rotatable bonds is 7. The van der Waals surface area contributed by atoms with E-state index in [-0.39, 0.29) is 22.6 Å². The van der Waals surface area contributed by atoms with Gasteiger partial charge in [0, 0.05) is 5.92 Å². The van der Waals surface area contributed by atoms with Crippen LogP contribution in [0, 0.1) is 0 Å². The van der Waals surface area contributed by atoms with Gasteiger partial charge in [-0.15, -0.1) is 10.2 Å². The molecular weight excluding hydrogens is 374 g/mol. The van der Waals surface area contributed by atoms with Crippen molar-refractivity contribution < 1.29 is 28.3 Å². The Morgan fingerprint density at radius 3 is 2.59 bits per heavy atom. The van der Waals surface area contributed by atoms with Gasteiger partial charge in [-0.05, 0) is 31.0 Å². The van der Waals surface area contributed by atoms with Crippen LogP contribution in [0.1, 0.15) is 45.4 Å². The topological polar surface area (TPSA) is 121 Å². The van der Waals surface area contributed by atoms with E-state index < -0.39 is 17.8 Å². The van der Waals surface area contributed by atoms with Crippen LogP contribution in [0.5, 0.6) is 0 Å². The van der Waals surface area contributed by atoms with E-state index in [0.29, 0.717) is 17.0 Å². The van der Waals surface area contributed by atoms with Gasteiger partial charge in [-0.1, -0.05) is 11.8 Å². The van der Waals surface area contributed by atoms with Crippen molar-refractivity contribution >= 4 is 35.3 Å². The minimum Gasteiger partial charge on any atom is -0.465 e. The second kappa shape index (κ2) is 8.21. The number of thioether (sulfide) groups is 1. The van der Waals surface area contributed by atoms with E-state index in [1.54, 1.807) is 0 Å². The Morgan fingerprint density at radius 2 is 1.93 bits per heavy atom. The molecule has 10 heteroatoms. The third-order valence-electron chi connectivity index (χ3n) is 3.80. The number of methoxy groups -OCH3 is 2. The normalized spacial score (nSPS) is 13.1. The van der Waals surface area contributed by atoms with E-state index in [2.05, 4.69) is 20.3 Å². The van der Waals surface area contributed by atoms with E-state index in [1.165, 1.54) is 32.4 Å².